The predicted octanol–water partition coefficient (Wildman–Crippen LogP) is 3.13. The van der Waals surface area contributed by atoms with Crippen LogP contribution in [0, 0.1) is 58.2 Å². The Labute approximate surface area is 185 Å². The van der Waals surface area contributed by atoms with Gasteiger partial charge in [-0.3, -0.25) is 0 Å². The molecule has 0 aromatic heterocycles. The number of benzene rings is 2. The number of thiocarbonyl (C=S) groups is 1. The van der Waals surface area contributed by atoms with E-state index in [1.165, 1.54) is 0 Å². The molecule has 0 fully saturated rings. The fourth-order valence-electron chi connectivity index (χ4n) is 1.85. The SMILES string of the molecule is CN(C)C(=S)N(C)C.Fc1c(F)c(F)c([Te]c2c(F)c(F)c(F)c(F)c2F)c(F)c1F. The van der Waals surface area contributed by atoms with Gasteiger partial charge in [-0.2, -0.15) is 0 Å². The summed E-state index contributed by atoms with van der Waals surface area (Å²) in [6.45, 7) is 0. The Kier molecular flexibility index (Phi) is 9.40. The zero-order valence-electron chi connectivity index (χ0n) is 16.0. The van der Waals surface area contributed by atoms with Gasteiger partial charge in [0.2, 0.25) is 0 Å². The van der Waals surface area contributed by atoms with E-state index >= 15 is 0 Å². The van der Waals surface area contributed by atoms with Gasteiger partial charge in [-0.1, -0.05) is 0 Å². The normalized spacial score (nSPS) is 10.5. The summed E-state index contributed by atoms with van der Waals surface area (Å²) in [5.41, 5.74) is 0. The first kappa shape index (κ1) is 27.3. The maximum atomic E-state index is 13.4. The van der Waals surface area contributed by atoms with Gasteiger partial charge < -0.3 is 9.80 Å². The maximum absolute atomic E-state index is 13.4. The van der Waals surface area contributed by atoms with Crippen molar-refractivity contribution in [2.75, 3.05) is 28.2 Å². The van der Waals surface area contributed by atoms with Crippen LogP contribution in [0.4, 0.5) is 43.9 Å². The van der Waals surface area contributed by atoms with E-state index in [4.69, 9.17) is 12.2 Å². The Balaban J connectivity index is 0.000000512. The second kappa shape index (κ2) is 10.7. The van der Waals surface area contributed by atoms with Crippen LogP contribution in [0.3, 0.4) is 0 Å². The van der Waals surface area contributed by atoms with Crippen LogP contribution >= 0.6 is 12.2 Å². The van der Waals surface area contributed by atoms with Gasteiger partial charge in [0.1, 0.15) is 0 Å². The van der Waals surface area contributed by atoms with Gasteiger partial charge in [-0.05, 0) is 12.2 Å². The first-order valence-electron chi connectivity index (χ1n) is 7.74. The molecule has 31 heavy (non-hydrogen) atoms. The van der Waals surface area contributed by atoms with E-state index in [-0.39, 0.29) is 0 Å². The first-order chi connectivity index (χ1) is 14.1. The topological polar surface area (TPSA) is 6.48 Å². The van der Waals surface area contributed by atoms with Crippen LogP contribution in [0.2, 0.25) is 0 Å². The number of hydrogen-bond donors (Lipinski definition) is 0. The molecule has 0 radical (unpaired) electrons. The van der Waals surface area contributed by atoms with Gasteiger partial charge in [-0.15, -0.1) is 0 Å². The van der Waals surface area contributed by atoms with Crippen LogP contribution in [0.1, 0.15) is 0 Å². The van der Waals surface area contributed by atoms with Gasteiger partial charge in [0, 0.05) is 28.2 Å². The molecule has 0 bridgehead atoms. The Bertz CT molecular complexity index is 878. The van der Waals surface area contributed by atoms with Crippen molar-refractivity contribution < 1.29 is 43.9 Å². The quantitative estimate of drug-likeness (QED) is 0.174. The fourth-order valence-corrected chi connectivity index (χ4v) is 4.48. The van der Waals surface area contributed by atoms with Gasteiger partial charge in [0.15, 0.2) is 5.11 Å². The third-order valence-corrected chi connectivity index (χ3v) is 7.25. The predicted molar refractivity (Wildman–Crippen MR) is 97.5 cm³/mol. The van der Waals surface area contributed by atoms with E-state index < -0.39 is 86.3 Å². The van der Waals surface area contributed by atoms with Crippen LogP contribution in [0.25, 0.3) is 0 Å². The molecular formula is C17H12F10N2STe. The van der Waals surface area contributed by atoms with Crippen molar-refractivity contribution in [1.82, 2.24) is 9.80 Å². The molecule has 172 valence electrons. The molecule has 0 spiro atoms. The van der Waals surface area contributed by atoms with E-state index in [1.807, 2.05) is 38.0 Å². The third-order valence-electron chi connectivity index (χ3n) is 3.31. The van der Waals surface area contributed by atoms with Gasteiger partial charge in [0.05, 0.1) is 0 Å². The third kappa shape index (κ3) is 5.72. The van der Waals surface area contributed by atoms with Crippen LogP contribution < -0.4 is 7.22 Å². The Morgan fingerprint density at radius 3 is 0.839 bits per heavy atom. The molecule has 0 heterocycles. The second-order valence-corrected chi connectivity index (χ2v) is 9.25. The molecule has 0 saturated carbocycles. The van der Waals surface area contributed by atoms with E-state index in [0.29, 0.717) is 0 Å². The van der Waals surface area contributed by atoms with E-state index in [9.17, 15) is 43.9 Å². The molecule has 2 aromatic carbocycles. The average Bonchev–Trinajstić information content (AvgIpc) is 2.72. The van der Waals surface area contributed by atoms with E-state index in [1.54, 1.807) is 0 Å². The van der Waals surface area contributed by atoms with Crippen molar-refractivity contribution >= 4 is 45.5 Å². The Morgan fingerprint density at radius 2 is 0.677 bits per heavy atom. The van der Waals surface area contributed by atoms with Crippen LogP contribution in [0.5, 0.6) is 0 Å². The molecule has 0 atom stereocenters. The molecule has 0 aliphatic rings. The molecule has 0 amide bonds. The first-order valence-corrected chi connectivity index (χ1v) is 10.5. The molecule has 14 heteroatoms. The minimum absolute atomic E-state index is 0.852. The van der Waals surface area contributed by atoms with Gasteiger partial charge in [-0.25, -0.2) is 0 Å². The molecule has 0 aliphatic heterocycles. The van der Waals surface area contributed by atoms with Crippen molar-refractivity contribution in [1.29, 1.82) is 0 Å². The van der Waals surface area contributed by atoms with Crippen molar-refractivity contribution in [3.63, 3.8) is 0 Å². The average molecular weight is 594 g/mol. The molecule has 0 unspecified atom stereocenters. The molecule has 0 N–H and O–H groups in total. The monoisotopic (exact) mass is 596 g/mol. The van der Waals surface area contributed by atoms with Gasteiger partial charge >= 0.3 is 130 Å². The molecular weight excluding hydrogens is 582 g/mol. The summed E-state index contributed by atoms with van der Waals surface area (Å²) >= 11 is 1.79. The fraction of sp³-hybridized carbons (Fsp3) is 0.235. The van der Waals surface area contributed by atoms with Crippen LogP contribution in [0.15, 0.2) is 0 Å². The van der Waals surface area contributed by atoms with Crippen LogP contribution in [-0.4, -0.2) is 64.0 Å². The summed E-state index contributed by atoms with van der Waals surface area (Å²) in [7, 11) is 7.73. The standard InChI is InChI=1S/C12F10Te.C5H12N2S/c13-1-3(15)7(19)11(8(20)4(1)16)23-12-9(21)5(17)2(14)6(18)10(12)22;1-6(2)5(8)7(3)4/h;1-4H3. The minimum atomic E-state index is -3.16. The second-order valence-electron chi connectivity index (χ2n) is 5.97. The van der Waals surface area contributed by atoms with E-state index in [0.717, 1.165) is 5.11 Å². The number of nitrogens with zero attached hydrogens (tertiary/aromatic N) is 2. The molecule has 0 saturated heterocycles. The van der Waals surface area contributed by atoms with Crippen molar-refractivity contribution in [3.05, 3.63) is 58.2 Å². The number of hydrogen-bond acceptors (Lipinski definition) is 1. The molecule has 2 rings (SSSR count). The van der Waals surface area contributed by atoms with Crippen molar-refractivity contribution in [2.24, 2.45) is 0 Å². The Morgan fingerprint density at radius 1 is 0.484 bits per heavy atom. The molecule has 2 nitrogen and oxygen atoms in total. The van der Waals surface area contributed by atoms with Crippen molar-refractivity contribution in [3.8, 4) is 0 Å². The molecule has 0 aliphatic carbocycles. The summed E-state index contributed by atoms with van der Waals surface area (Å²) in [6, 6.07) is 0. The Hall–Kier alpha value is -1.78. The zero-order chi connectivity index (χ0) is 24.4. The van der Waals surface area contributed by atoms with E-state index in [2.05, 4.69) is 0 Å². The van der Waals surface area contributed by atoms with Crippen LogP contribution in [-0.2, 0) is 0 Å². The summed E-state index contributed by atoms with van der Waals surface area (Å²) in [5.74, 6) is -24.1. The van der Waals surface area contributed by atoms with Crippen molar-refractivity contribution in [2.45, 2.75) is 0 Å². The summed E-state index contributed by atoms with van der Waals surface area (Å²) < 4.78 is 128. The zero-order valence-corrected chi connectivity index (χ0v) is 19.1. The number of rotatable bonds is 2. The number of halogens is 10. The summed E-state index contributed by atoms with van der Waals surface area (Å²) in [4.78, 5) is 3.80. The summed E-state index contributed by atoms with van der Waals surface area (Å²) in [6.07, 6.45) is 0. The van der Waals surface area contributed by atoms with Gasteiger partial charge in [0.25, 0.3) is 0 Å². The summed E-state index contributed by atoms with van der Waals surface area (Å²) in [5, 5.41) is 0.852. The molecule has 2 aromatic rings.